The van der Waals surface area contributed by atoms with E-state index in [1.807, 2.05) is 13.8 Å². The van der Waals surface area contributed by atoms with E-state index < -0.39 is 10.0 Å². The molecule has 2 rings (SSSR count). The fourth-order valence-corrected chi connectivity index (χ4v) is 3.79. The van der Waals surface area contributed by atoms with Gasteiger partial charge in [0.05, 0.1) is 12.8 Å². The maximum Gasteiger partial charge on any atom is 0.246 e. The van der Waals surface area contributed by atoms with Gasteiger partial charge in [0.15, 0.2) is 5.82 Å². The molecule has 0 aromatic carbocycles. The van der Waals surface area contributed by atoms with Crippen LogP contribution in [0.5, 0.6) is 0 Å². The van der Waals surface area contributed by atoms with Crippen molar-refractivity contribution in [2.45, 2.75) is 52.0 Å². The summed E-state index contributed by atoms with van der Waals surface area (Å²) in [6.45, 7) is 5.14. The number of rotatable bonds is 7. The topological polar surface area (TPSA) is 105 Å². The number of nitrogens with zero attached hydrogens (tertiary/aromatic N) is 3. The van der Waals surface area contributed by atoms with Gasteiger partial charge in [0.2, 0.25) is 21.8 Å². The van der Waals surface area contributed by atoms with Crippen LogP contribution >= 0.6 is 0 Å². The van der Waals surface area contributed by atoms with Crippen LogP contribution in [0.1, 0.15) is 57.2 Å². The third-order valence-electron chi connectivity index (χ3n) is 4.54. The van der Waals surface area contributed by atoms with E-state index in [1.54, 1.807) is 0 Å². The van der Waals surface area contributed by atoms with Crippen molar-refractivity contribution in [3.05, 3.63) is 11.7 Å². The van der Waals surface area contributed by atoms with E-state index in [0.717, 1.165) is 12.8 Å². The quantitative estimate of drug-likeness (QED) is 0.787. The number of nitrogens with one attached hydrogen (secondary N) is 1. The second kappa shape index (κ2) is 8.06. The molecule has 1 N–H and O–H groups in total. The molecule has 1 amide bonds. The molecule has 0 unspecified atom stereocenters. The summed E-state index contributed by atoms with van der Waals surface area (Å²) in [7, 11) is -3.14. The minimum absolute atomic E-state index is 0.00112. The first kappa shape index (κ1) is 18.9. The van der Waals surface area contributed by atoms with Crippen molar-refractivity contribution in [3.8, 4) is 0 Å². The van der Waals surface area contributed by atoms with E-state index in [2.05, 4.69) is 15.5 Å². The predicted molar refractivity (Wildman–Crippen MR) is 88.6 cm³/mol. The van der Waals surface area contributed by atoms with E-state index >= 15 is 0 Å². The molecule has 0 spiro atoms. The summed E-state index contributed by atoms with van der Waals surface area (Å²) in [6, 6.07) is 0. The number of carbonyl (C=O) groups excluding carboxylic acids is 1. The molecular weight excluding hydrogens is 332 g/mol. The summed E-state index contributed by atoms with van der Waals surface area (Å²) in [6.07, 6.45) is 4.17. The van der Waals surface area contributed by atoms with Crippen LogP contribution in [0.4, 0.5) is 0 Å². The van der Waals surface area contributed by atoms with Gasteiger partial charge in [-0.25, -0.2) is 12.7 Å². The number of piperidine rings is 1. The fraction of sp³-hybridized carbons (Fsp3) is 0.800. The number of hydrogen-bond donors (Lipinski definition) is 1. The van der Waals surface area contributed by atoms with Gasteiger partial charge >= 0.3 is 0 Å². The average molecular weight is 358 g/mol. The Bertz CT molecular complexity index is 646. The molecule has 0 radical (unpaired) electrons. The summed E-state index contributed by atoms with van der Waals surface area (Å²) < 4.78 is 29.7. The first-order valence-corrected chi connectivity index (χ1v) is 10.2. The van der Waals surface area contributed by atoms with Crippen molar-refractivity contribution in [2.24, 2.45) is 5.92 Å². The van der Waals surface area contributed by atoms with Gasteiger partial charge in [0, 0.05) is 24.9 Å². The zero-order chi connectivity index (χ0) is 17.7. The van der Waals surface area contributed by atoms with E-state index in [4.69, 9.17) is 4.52 Å². The van der Waals surface area contributed by atoms with E-state index in [9.17, 15) is 13.2 Å². The van der Waals surface area contributed by atoms with Gasteiger partial charge in [-0.3, -0.25) is 4.79 Å². The van der Waals surface area contributed by atoms with E-state index in [1.165, 1.54) is 10.6 Å². The zero-order valence-corrected chi connectivity index (χ0v) is 15.3. The second-order valence-corrected chi connectivity index (χ2v) is 8.20. The van der Waals surface area contributed by atoms with Gasteiger partial charge in [0.25, 0.3) is 0 Å². The molecular formula is C15H26N4O4S. The van der Waals surface area contributed by atoms with Crippen LogP contribution in [-0.4, -0.2) is 48.1 Å². The SMILES string of the molecule is CCC(CC)C(=O)NCc1nc(C2CCN(S(C)(=O)=O)CC2)no1. The smallest absolute Gasteiger partial charge is 0.246 e. The molecule has 24 heavy (non-hydrogen) atoms. The molecule has 1 aliphatic rings. The molecule has 1 aliphatic heterocycles. The summed E-state index contributed by atoms with van der Waals surface area (Å²) in [4.78, 5) is 16.3. The van der Waals surface area contributed by atoms with Crippen LogP contribution in [0.3, 0.4) is 0 Å². The minimum atomic E-state index is -3.14. The maximum atomic E-state index is 12.0. The zero-order valence-electron chi connectivity index (χ0n) is 14.5. The fourth-order valence-electron chi connectivity index (χ4n) is 2.92. The molecule has 2 heterocycles. The average Bonchev–Trinajstić information content (AvgIpc) is 3.02. The Labute approximate surface area is 143 Å². The third kappa shape index (κ3) is 4.76. The summed E-state index contributed by atoms with van der Waals surface area (Å²) >= 11 is 0. The standard InChI is InChI=1S/C15H26N4O4S/c1-4-11(5-2)15(20)16-10-13-17-14(18-23-13)12-6-8-19(9-7-12)24(3,21)22/h11-12H,4-10H2,1-3H3,(H,16,20). The lowest BCUT2D eigenvalue weighted by Crippen LogP contribution is -2.37. The highest BCUT2D eigenvalue weighted by atomic mass is 32.2. The molecule has 1 aromatic rings. The van der Waals surface area contributed by atoms with Gasteiger partial charge in [-0.05, 0) is 25.7 Å². The van der Waals surface area contributed by atoms with Crippen LogP contribution in [0.2, 0.25) is 0 Å². The normalized spacial score (nSPS) is 17.3. The number of carbonyl (C=O) groups is 1. The first-order chi connectivity index (χ1) is 11.3. The van der Waals surface area contributed by atoms with Crippen LogP contribution in [-0.2, 0) is 21.4 Å². The molecule has 136 valence electrons. The van der Waals surface area contributed by atoms with Gasteiger partial charge < -0.3 is 9.84 Å². The Hall–Kier alpha value is -1.48. The Balaban J connectivity index is 1.87. The monoisotopic (exact) mass is 358 g/mol. The van der Waals surface area contributed by atoms with Gasteiger partial charge in [-0.1, -0.05) is 19.0 Å². The Kier molecular flexibility index (Phi) is 6.34. The highest BCUT2D eigenvalue weighted by molar-refractivity contribution is 7.88. The molecule has 8 nitrogen and oxygen atoms in total. The molecule has 1 saturated heterocycles. The van der Waals surface area contributed by atoms with E-state index in [0.29, 0.717) is 37.6 Å². The highest BCUT2D eigenvalue weighted by Gasteiger charge is 2.28. The lowest BCUT2D eigenvalue weighted by molar-refractivity contribution is -0.125. The van der Waals surface area contributed by atoms with Crippen LogP contribution < -0.4 is 5.32 Å². The molecule has 1 aromatic heterocycles. The van der Waals surface area contributed by atoms with Crippen molar-refractivity contribution in [1.29, 1.82) is 0 Å². The Morgan fingerprint density at radius 3 is 2.50 bits per heavy atom. The van der Waals surface area contributed by atoms with Crippen LogP contribution in [0, 0.1) is 5.92 Å². The largest absolute Gasteiger partial charge is 0.347 e. The number of aromatic nitrogens is 2. The van der Waals surface area contributed by atoms with Crippen molar-refractivity contribution in [1.82, 2.24) is 19.8 Å². The van der Waals surface area contributed by atoms with Crippen molar-refractivity contribution in [2.75, 3.05) is 19.3 Å². The predicted octanol–water partition coefficient (Wildman–Crippen LogP) is 1.26. The molecule has 0 bridgehead atoms. The van der Waals surface area contributed by atoms with Crippen molar-refractivity contribution < 1.29 is 17.7 Å². The Morgan fingerprint density at radius 1 is 1.33 bits per heavy atom. The number of sulfonamides is 1. The third-order valence-corrected chi connectivity index (χ3v) is 5.85. The van der Waals surface area contributed by atoms with Crippen LogP contribution in [0.25, 0.3) is 0 Å². The van der Waals surface area contributed by atoms with Crippen LogP contribution in [0.15, 0.2) is 4.52 Å². The molecule has 0 atom stereocenters. The van der Waals surface area contributed by atoms with Crippen molar-refractivity contribution in [3.63, 3.8) is 0 Å². The summed E-state index contributed by atoms with van der Waals surface area (Å²) in [5, 5.41) is 6.81. The van der Waals surface area contributed by atoms with E-state index in [-0.39, 0.29) is 24.3 Å². The second-order valence-electron chi connectivity index (χ2n) is 6.21. The van der Waals surface area contributed by atoms with Crippen molar-refractivity contribution >= 4 is 15.9 Å². The minimum Gasteiger partial charge on any atom is -0.347 e. The molecule has 9 heteroatoms. The Morgan fingerprint density at radius 2 is 1.96 bits per heavy atom. The van der Waals surface area contributed by atoms with Gasteiger partial charge in [0.1, 0.15) is 0 Å². The first-order valence-electron chi connectivity index (χ1n) is 8.40. The maximum absolute atomic E-state index is 12.0. The molecule has 1 fully saturated rings. The lowest BCUT2D eigenvalue weighted by Gasteiger charge is -2.28. The highest BCUT2D eigenvalue weighted by Crippen LogP contribution is 2.26. The molecule has 0 saturated carbocycles. The lowest BCUT2D eigenvalue weighted by atomic mass is 9.98. The summed E-state index contributed by atoms with van der Waals surface area (Å²) in [5.74, 6) is 1.08. The van der Waals surface area contributed by atoms with Gasteiger partial charge in [-0.2, -0.15) is 4.98 Å². The summed E-state index contributed by atoms with van der Waals surface area (Å²) in [5.41, 5.74) is 0. The number of hydrogen-bond acceptors (Lipinski definition) is 6. The molecule has 0 aliphatic carbocycles. The van der Waals surface area contributed by atoms with Gasteiger partial charge in [-0.15, -0.1) is 0 Å². The number of amides is 1.